The lowest BCUT2D eigenvalue weighted by Gasteiger charge is -2.15. The Labute approximate surface area is 154 Å². The summed E-state index contributed by atoms with van der Waals surface area (Å²) in [4.78, 5) is 12.5. The van der Waals surface area contributed by atoms with Gasteiger partial charge < -0.3 is 24.3 Å². The average molecular weight is 359 g/mol. The van der Waals surface area contributed by atoms with Crippen molar-refractivity contribution in [3.8, 4) is 23.0 Å². The van der Waals surface area contributed by atoms with Crippen LogP contribution < -0.4 is 24.3 Å². The summed E-state index contributed by atoms with van der Waals surface area (Å²) in [5, 5.41) is 2.89. The molecule has 0 saturated heterocycles. The minimum atomic E-state index is -0.160. The molecule has 2 aromatic rings. The Bertz CT molecular complexity index is 720. The highest BCUT2D eigenvalue weighted by Crippen LogP contribution is 2.38. The Hall–Kier alpha value is -2.89. The first-order valence-electron chi connectivity index (χ1n) is 8.43. The van der Waals surface area contributed by atoms with Gasteiger partial charge in [0, 0.05) is 0 Å². The predicted molar refractivity (Wildman–Crippen MR) is 101 cm³/mol. The molecule has 1 N–H and O–H groups in total. The maximum Gasteiger partial charge on any atom is 0.228 e. The van der Waals surface area contributed by atoms with Gasteiger partial charge >= 0.3 is 0 Å². The molecule has 0 aliphatic rings. The van der Waals surface area contributed by atoms with E-state index in [1.165, 1.54) is 0 Å². The van der Waals surface area contributed by atoms with Gasteiger partial charge in [0.2, 0.25) is 11.7 Å². The van der Waals surface area contributed by atoms with Gasteiger partial charge in [0.25, 0.3) is 0 Å². The highest BCUT2D eigenvalue weighted by atomic mass is 16.5. The molecule has 0 heterocycles. The number of para-hydroxylation sites is 2. The van der Waals surface area contributed by atoms with E-state index in [1.54, 1.807) is 33.5 Å². The van der Waals surface area contributed by atoms with Crippen molar-refractivity contribution in [3.63, 3.8) is 0 Å². The van der Waals surface area contributed by atoms with Crippen molar-refractivity contribution in [1.29, 1.82) is 0 Å². The number of nitrogens with one attached hydrogen (secondary N) is 1. The number of benzene rings is 2. The van der Waals surface area contributed by atoms with E-state index in [4.69, 9.17) is 18.9 Å². The lowest BCUT2D eigenvalue weighted by atomic mass is 10.1. The summed E-state index contributed by atoms with van der Waals surface area (Å²) in [7, 11) is 4.63. The summed E-state index contributed by atoms with van der Waals surface area (Å²) in [5.41, 5.74) is 1.40. The number of anilines is 1. The molecule has 0 spiro atoms. The molecule has 0 aliphatic carbocycles. The molecule has 0 saturated carbocycles. The molecule has 0 aromatic heterocycles. The van der Waals surface area contributed by atoms with E-state index in [2.05, 4.69) is 5.32 Å². The highest BCUT2D eigenvalue weighted by molar-refractivity contribution is 5.93. The summed E-state index contributed by atoms with van der Waals surface area (Å²) >= 11 is 0. The molecule has 2 aromatic carbocycles. The molecule has 26 heavy (non-hydrogen) atoms. The summed E-state index contributed by atoms with van der Waals surface area (Å²) in [6.45, 7) is 2.63. The SMILES string of the molecule is CCCOc1ccccc1NC(=O)Cc1cc(OC)c(OC)c(OC)c1. The van der Waals surface area contributed by atoms with Crippen LogP contribution in [0.4, 0.5) is 5.69 Å². The normalized spacial score (nSPS) is 10.2. The van der Waals surface area contributed by atoms with Crippen molar-refractivity contribution < 1.29 is 23.7 Å². The largest absolute Gasteiger partial charge is 0.493 e. The van der Waals surface area contributed by atoms with Crippen LogP contribution in [0, 0.1) is 0 Å². The van der Waals surface area contributed by atoms with Gasteiger partial charge in [0.05, 0.1) is 40.0 Å². The van der Waals surface area contributed by atoms with Gasteiger partial charge in [0.1, 0.15) is 5.75 Å². The van der Waals surface area contributed by atoms with E-state index in [1.807, 2.05) is 31.2 Å². The van der Waals surface area contributed by atoms with Gasteiger partial charge in [-0.25, -0.2) is 0 Å². The number of amides is 1. The Kier molecular flexibility index (Phi) is 7.14. The van der Waals surface area contributed by atoms with E-state index in [0.29, 0.717) is 35.3 Å². The molecular formula is C20H25NO5. The van der Waals surface area contributed by atoms with Gasteiger partial charge in [0.15, 0.2) is 11.5 Å². The number of rotatable bonds is 9. The van der Waals surface area contributed by atoms with Crippen LogP contribution in [0.1, 0.15) is 18.9 Å². The van der Waals surface area contributed by atoms with Crippen LogP contribution in [0.2, 0.25) is 0 Å². The molecule has 0 atom stereocenters. The van der Waals surface area contributed by atoms with Crippen molar-refractivity contribution in [2.75, 3.05) is 33.3 Å². The molecule has 6 heteroatoms. The van der Waals surface area contributed by atoms with Crippen LogP contribution in [0.15, 0.2) is 36.4 Å². The van der Waals surface area contributed by atoms with Crippen LogP contribution in [0.25, 0.3) is 0 Å². The minimum absolute atomic E-state index is 0.160. The average Bonchev–Trinajstić information content (AvgIpc) is 2.66. The first-order chi connectivity index (χ1) is 12.6. The predicted octanol–water partition coefficient (Wildman–Crippen LogP) is 3.68. The van der Waals surface area contributed by atoms with Crippen molar-refractivity contribution >= 4 is 11.6 Å². The summed E-state index contributed by atoms with van der Waals surface area (Å²) < 4.78 is 21.6. The Morgan fingerprint density at radius 3 is 2.19 bits per heavy atom. The van der Waals surface area contributed by atoms with Crippen molar-refractivity contribution in [2.45, 2.75) is 19.8 Å². The van der Waals surface area contributed by atoms with Crippen LogP contribution in [0.5, 0.6) is 23.0 Å². The molecule has 0 radical (unpaired) electrons. The first-order valence-corrected chi connectivity index (χ1v) is 8.43. The summed E-state index contributed by atoms with van der Waals surface area (Å²) in [6.07, 6.45) is 1.06. The number of methoxy groups -OCH3 is 3. The molecular weight excluding hydrogens is 334 g/mol. The number of ether oxygens (including phenoxy) is 4. The van der Waals surface area contributed by atoms with E-state index in [9.17, 15) is 4.79 Å². The minimum Gasteiger partial charge on any atom is -0.493 e. The van der Waals surface area contributed by atoms with Gasteiger partial charge in [-0.15, -0.1) is 0 Å². The van der Waals surface area contributed by atoms with Crippen molar-refractivity contribution in [1.82, 2.24) is 0 Å². The lowest BCUT2D eigenvalue weighted by molar-refractivity contribution is -0.115. The fourth-order valence-corrected chi connectivity index (χ4v) is 2.53. The third-order valence-corrected chi connectivity index (χ3v) is 3.71. The maximum atomic E-state index is 12.5. The zero-order chi connectivity index (χ0) is 18.9. The topological polar surface area (TPSA) is 66.0 Å². The second kappa shape index (κ2) is 9.56. The fourth-order valence-electron chi connectivity index (χ4n) is 2.53. The highest BCUT2D eigenvalue weighted by Gasteiger charge is 2.15. The summed E-state index contributed by atoms with van der Waals surface area (Å²) in [6, 6.07) is 10.9. The number of hydrogen-bond donors (Lipinski definition) is 1. The quantitative estimate of drug-likeness (QED) is 0.740. The number of carbonyl (C=O) groups excluding carboxylic acids is 1. The van der Waals surface area contributed by atoms with Crippen molar-refractivity contribution in [3.05, 3.63) is 42.0 Å². The van der Waals surface area contributed by atoms with Crippen LogP contribution in [-0.2, 0) is 11.2 Å². The van der Waals surface area contributed by atoms with Crippen LogP contribution >= 0.6 is 0 Å². The van der Waals surface area contributed by atoms with E-state index >= 15 is 0 Å². The van der Waals surface area contributed by atoms with Gasteiger partial charge in [-0.3, -0.25) is 4.79 Å². The summed E-state index contributed by atoms with van der Waals surface area (Å²) in [5.74, 6) is 2.03. The smallest absolute Gasteiger partial charge is 0.228 e. The third kappa shape index (κ3) is 4.81. The molecule has 6 nitrogen and oxygen atoms in total. The third-order valence-electron chi connectivity index (χ3n) is 3.71. The monoisotopic (exact) mass is 359 g/mol. The van der Waals surface area contributed by atoms with Gasteiger partial charge in [-0.1, -0.05) is 19.1 Å². The van der Waals surface area contributed by atoms with E-state index in [0.717, 1.165) is 12.0 Å². The molecule has 0 aliphatic heterocycles. The zero-order valence-corrected chi connectivity index (χ0v) is 15.6. The number of hydrogen-bond acceptors (Lipinski definition) is 5. The Morgan fingerprint density at radius 2 is 1.62 bits per heavy atom. The maximum absolute atomic E-state index is 12.5. The lowest BCUT2D eigenvalue weighted by Crippen LogP contribution is -2.15. The zero-order valence-electron chi connectivity index (χ0n) is 15.6. The van der Waals surface area contributed by atoms with Gasteiger partial charge in [-0.05, 0) is 36.2 Å². The molecule has 2 rings (SSSR count). The van der Waals surface area contributed by atoms with Crippen LogP contribution in [-0.4, -0.2) is 33.8 Å². The van der Waals surface area contributed by atoms with E-state index in [-0.39, 0.29) is 12.3 Å². The second-order valence-corrected chi connectivity index (χ2v) is 5.60. The Balaban J connectivity index is 2.16. The van der Waals surface area contributed by atoms with Crippen molar-refractivity contribution in [2.24, 2.45) is 0 Å². The standard InChI is InChI=1S/C20H25NO5/c1-5-10-26-16-9-7-6-8-15(16)21-19(22)13-14-11-17(23-2)20(25-4)18(12-14)24-3/h6-9,11-12H,5,10,13H2,1-4H3,(H,21,22). The number of carbonyl (C=O) groups is 1. The molecule has 0 bridgehead atoms. The fraction of sp³-hybridized carbons (Fsp3) is 0.350. The van der Waals surface area contributed by atoms with Crippen LogP contribution in [0.3, 0.4) is 0 Å². The first kappa shape index (κ1) is 19.4. The van der Waals surface area contributed by atoms with E-state index < -0.39 is 0 Å². The molecule has 0 unspecified atom stereocenters. The van der Waals surface area contributed by atoms with Gasteiger partial charge in [-0.2, -0.15) is 0 Å². The molecule has 1 amide bonds. The molecule has 0 fully saturated rings. The second-order valence-electron chi connectivity index (χ2n) is 5.60. The molecule has 140 valence electrons. The Morgan fingerprint density at radius 1 is 0.962 bits per heavy atom.